The summed E-state index contributed by atoms with van der Waals surface area (Å²) in [6.07, 6.45) is 7.27. The highest BCUT2D eigenvalue weighted by molar-refractivity contribution is 6.35. The summed E-state index contributed by atoms with van der Waals surface area (Å²) in [5.41, 5.74) is 8.30. The zero-order chi connectivity index (χ0) is 24.5. The summed E-state index contributed by atoms with van der Waals surface area (Å²) in [4.78, 5) is 4.84. The third kappa shape index (κ3) is 3.94. The summed E-state index contributed by atoms with van der Waals surface area (Å²) in [5.74, 6) is 0.832. The Morgan fingerprint density at radius 1 is 0.722 bits per heavy atom. The van der Waals surface area contributed by atoms with E-state index >= 15 is 0 Å². The molecule has 0 bridgehead atoms. The van der Waals surface area contributed by atoms with Gasteiger partial charge in [0.25, 0.3) is 0 Å². The van der Waals surface area contributed by atoms with Crippen molar-refractivity contribution in [2.75, 3.05) is 6.61 Å². The van der Waals surface area contributed by atoms with E-state index in [4.69, 9.17) is 15.5 Å². The van der Waals surface area contributed by atoms with Crippen LogP contribution in [0.25, 0.3) is 54.3 Å². The lowest BCUT2D eigenvalue weighted by atomic mass is 9.87. The number of hydrogen-bond donors (Lipinski definition) is 1. The number of benzene rings is 5. The third-order valence-electron chi connectivity index (χ3n) is 7.44. The van der Waals surface area contributed by atoms with Gasteiger partial charge in [-0.2, -0.15) is 0 Å². The minimum atomic E-state index is 0.255. The van der Waals surface area contributed by atoms with Crippen molar-refractivity contribution in [3.63, 3.8) is 0 Å². The minimum Gasteiger partial charge on any atom is -0.491 e. The van der Waals surface area contributed by atoms with Gasteiger partial charge in [0.05, 0.1) is 6.61 Å². The van der Waals surface area contributed by atoms with Gasteiger partial charge in [-0.25, -0.2) is 0 Å². The van der Waals surface area contributed by atoms with Gasteiger partial charge < -0.3 is 10.5 Å². The summed E-state index contributed by atoms with van der Waals surface area (Å²) < 4.78 is 6.33. The van der Waals surface area contributed by atoms with Crippen LogP contribution in [-0.2, 0) is 0 Å². The highest BCUT2D eigenvalue weighted by atomic mass is 16.5. The summed E-state index contributed by atoms with van der Waals surface area (Å²) >= 11 is 0. The number of aromatic nitrogens is 1. The average molecular weight is 473 g/mol. The SMILES string of the molecule is CCCCC(N)CCCOc1cccnc1-c1ccc2cccc3c4cccc5cccc(c1c23)c54. The molecule has 2 N–H and O–H groups in total. The van der Waals surface area contributed by atoms with Crippen LogP contribution in [0.15, 0.2) is 85.1 Å². The standard InChI is InChI=1S/C33H32N2O/c1-2-3-12-24(34)13-8-21-36-29-17-7-20-35-33(29)28-19-18-23-11-5-15-26-25-14-4-9-22-10-6-16-27(30(22)25)32(28)31(23)26/h4-7,9-11,14-20,24H,2-3,8,12-13,21,34H2,1H3. The molecule has 0 radical (unpaired) electrons. The molecule has 0 saturated heterocycles. The summed E-state index contributed by atoms with van der Waals surface area (Å²) in [6.45, 7) is 2.85. The lowest BCUT2D eigenvalue weighted by Crippen LogP contribution is -2.20. The molecule has 180 valence electrons. The fourth-order valence-corrected chi connectivity index (χ4v) is 5.70. The van der Waals surface area contributed by atoms with E-state index in [0.29, 0.717) is 6.61 Å². The number of pyridine rings is 1. The molecule has 0 aliphatic carbocycles. The molecule has 0 fully saturated rings. The van der Waals surface area contributed by atoms with E-state index in [1.54, 1.807) is 0 Å². The molecule has 5 aromatic carbocycles. The number of ether oxygens (including phenoxy) is 1. The minimum absolute atomic E-state index is 0.255. The molecule has 6 rings (SSSR count). The molecule has 0 saturated carbocycles. The first-order valence-corrected chi connectivity index (χ1v) is 13.2. The van der Waals surface area contributed by atoms with Crippen molar-refractivity contribution in [2.45, 2.75) is 45.1 Å². The topological polar surface area (TPSA) is 48.1 Å². The Morgan fingerprint density at radius 3 is 2.19 bits per heavy atom. The monoisotopic (exact) mass is 472 g/mol. The predicted molar refractivity (Wildman–Crippen MR) is 153 cm³/mol. The van der Waals surface area contributed by atoms with Crippen molar-refractivity contribution >= 4 is 43.1 Å². The average Bonchev–Trinajstić information content (AvgIpc) is 2.92. The maximum absolute atomic E-state index is 6.33. The van der Waals surface area contributed by atoms with Gasteiger partial charge in [0.2, 0.25) is 0 Å². The smallest absolute Gasteiger partial charge is 0.145 e. The molecule has 0 aliphatic heterocycles. The number of fused-ring (bicyclic) bond motifs is 2. The van der Waals surface area contributed by atoms with Gasteiger partial charge in [-0.05, 0) is 69.1 Å². The number of nitrogens with zero attached hydrogens (tertiary/aromatic N) is 1. The van der Waals surface area contributed by atoms with Crippen molar-refractivity contribution in [1.82, 2.24) is 4.98 Å². The van der Waals surface area contributed by atoms with Crippen molar-refractivity contribution in [3.05, 3.63) is 85.1 Å². The van der Waals surface area contributed by atoms with Crippen LogP contribution >= 0.6 is 0 Å². The van der Waals surface area contributed by atoms with Gasteiger partial charge in [0.1, 0.15) is 11.4 Å². The van der Waals surface area contributed by atoms with Crippen LogP contribution in [-0.4, -0.2) is 17.6 Å². The fraction of sp³-hybridized carbons (Fsp3) is 0.242. The van der Waals surface area contributed by atoms with E-state index in [9.17, 15) is 0 Å². The first kappa shape index (κ1) is 22.8. The van der Waals surface area contributed by atoms with Gasteiger partial charge in [0, 0.05) is 23.2 Å². The number of hydrogen-bond acceptors (Lipinski definition) is 3. The first-order chi connectivity index (χ1) is 17.8. The number of unbranched alkanes of at least 4 members (excludes halogenated alkanes) is 1. The zero-order valence-corrected chi connectivity index (χ0v) is 20.8. The highest BCUT2D eigenvalue weighted by Gasteiger charge is 2.18. The molecule has 3 heteroatoms. The molecule has 1 unspecified atom stereocenters. The Balaban J connectivity index is 1.47. The van der Waals surface area contributed by atoms with Gasteiger partial charge in [-0.15, -0.1) is 0 Å². The molecule has 0 aliphatic rings. The normalized spacial score (nSPS) is 12.7. The molecular formula is C33H32N2O. The van der Waals surface area contributed by atoms with Crippen molar-refractivity contribution in [1.29, 1.82) is 0 Å². The van der Waals surface area contributed by atoms with E-state index in [-0.39, 0.29) is 6.04 Å². The lowest BCUT2D eigenvalue weighted by molar-refractivity contribution is 0.300. The van der Waals surface area contributed by atoms with E-state index in [2.05, 4.69) is 73.7 Å². The predicted octanol–water partition coefficient (Wildman–Crippen LogP) is 8.48. The van der Waals surface area contributed by atoms with Crippen LogP contribution in [0.2, 0.25) is 0 Å². The molecule has 36 heavy (non-hydrogen) atoms. The van der Waals surface area contributed by atoms with Gasteiger partial charge >= 0.3 is 0 Å². The molecule has 1 aromatic heterocycles. The van der Waals surface area contributed by atoms with E-state index in [1.165, 1.54) is 55.9 Å². The molecule has 1 atom stereocenters. The lowest BCUT2D eigenvalue weighted by Gasteiger charge is -2.18. The van der Waals surface area contributed by atoms with Gasteiger partial charge in [-0.1, -0.05) is 86.5 Å². The summed E-state index contributed by atoms with van der Waals surface area (Å²) in [6, 6.07) is 28.5. The largest absolute Gasteiger partial charge is 0.491 e. The highest BCUT2D eigenvalue weighted by Crippen LogP contribution is 2.45. The molecule has 0 amide bonds. The summed E-state index contributed by atoms with van der Waals surface area (Å²) in [5, 5.41) is 10.2. The first-order valence-electron chi connectivity index (χ1n) is 13.2. The Labute approximate surface area is 212 Å². The molecule has 0 spiro atoms. The molecular weight excluding hydrogens is 440 g/mol. The maximum Gasteiger partial charge on any atom is 0.145 e. The van der Waals surface area contributed by atoms with E-state index in [0.717, 1.165) is 36.3 Å². The third-order valence-corrected chi connectivity index (χ3v) is 7.44. The maximum atomic E-state index is 6.33. The van der Waals surface area contributed by atoms with Crippen molar-refractivity contribution in [2.24, 2.45) is 5.73 Å². The molecule has 6 aromatic rings. The Morgan fingerprint density at radius 2 is 1.42 bits per heavy atom. The molecule has 3 nitrogen and oxygen atoms in total. The van der Waals surface area contributed by atoms with Crippen LogP contribution in [0.4, 0.5) is 0 Å². The van der Waals surface area contributed by atoms with Gasteiger partial charge in [-0.3, -0.25) is 4.98 Å². The number of nitrogens with two attached hydrogens (primary N) is 1. The second-order valence-electron chi connectivity index (χ2n) is 9.84. The van der Waals surface area contributed by atoms with E-state index in [1.807, 2.05) is 18.3 Å². The van der Waals surface area contributed by atoms with Crippen LogP contribution < -0.4 is 10.5 Å². The van der Waals surface area contributed by atoms with Crippen molar-refractivity contribution in [3.8, 4) is 17.0 Å². The van der Waals surface area contributed by atoms with Gasteiger partial charge in [0.15, 0.2) is 0 Å². The van der Waals surface area contributed by atoms with E-state index < -0.39 is 0 Å². The Bertz CT molecular complexity index is 1650. The second kappa shape index (κ2) is 9.75. The van der Waals surface area contributed by atoms with Crippen LogP contribution in [0.1, 0.15) is 39.0 Å². The van der Waals surface area contributed by atoms with Crippen LogP contribution in [0.5, 0.6) is 5.75 Å². The Kier molecular flexibility index (Phi) is 6.16. The van der Waals surface area contributed by atoms with Crippen LogP contribution in [0.3, 0.4) is 0 Å². The van der Waals surface area contributed by atoms with Crippen molar-refractivity contribution < 1.29 is 4.74 Å². The summed E-state index contributed by atoms with van der Waals surface area (Å²) in [7, 11) is 0. The fourth-order valence-electron chi connectivity index (χ4n) is 5.70. The second-order valence-corrected chi connectivity index (χ2v) is 9.84. The van der Waals surface area contributed by atoms with Crippen LogP contribution in [0, 0.1) is 0 Å². The zero-order valence-electron chi connectivity index (χ0n) is 20.8. The quantitative estimate of drug-likeness (QED) is 0.130. The molecule has 1 heterocycles. The number of rotatable bonds is 9. The Hall–Kier alpha value is -3.69.